The van der Waals surface area contributed by atoms with Gasteiger partial charge in [0.15, 0.2) is 27.9 Å². The Labute approximate surface area is 505 Å². The molecule has 0 saturated carbocycles. The molecule has 0 spiro atoms. The second-order valence-corrected chi connectivity index (χ2v) is 27.7. The Hall–Kier alpha value is 0.500. The Kier molecular flexibility index (Phi) is 30.1. The molecular formula is C32H23ClFI2N7Na4O16S5. The standard InChI is InChI=1S/C31H24ClN7O16S5.CH3FI2.4Na/c32-29-35-30(33-18-2-1-3-21(14-18)59(45,46)47)37-31(36-29)34-19-6-4-17-13-25(56-54-52-41)26(27(40)23(17)15-19)39-38-24-9-5-16-12-20(7-8-22(16)28(24)60(48,49)50)58(43,44)11-10-51-57-55-53-42;1-4(2)3;;;;/h1-9,12-15,40-42H,10-11H2,(H,45,46,47)(H,48,49,50)(H2,33,34,35,36,37);1H3;;;;/q;;4*+1/p-4. The zero-order valence-corrected chi connectivity index (χ0v) is 52.4. The minimum Gasteiger partial charge on any atom is -0.744 e. The number of phenols is 1. The average molecular weight is 1320 g/mol. The topological polar surface area (TPSA) is 348 Å². The molecule has 0 saturated heterocycles. The summed E-state index contributed by atoms with van der Waals surface area (Å²) in [5.74, 6) is -1.44. The van der Waals surface area contributed by atoms with Gasteiger partial charge in [0.1, 0.15) is 31.6 Å². The summed E-state index contributed by atoms with van der Waals surface area (Å²) in [4.78, 5) is 12.1. The van der Waals surface area contributed by atoms with Gasteiger partial charge in [-0.1, -0.05) is 24.3 Å². The number of alkyl halides is 1. The maximum atomic E-state index is 12.8. The fourth-order valence-corrected chi connectivity index (χ4v) is 8.74. The van der Waals surface area contributed by atoms with Gasteiger partial charge in [-0.3, -0.25) is 14.3 Å². The zero-order chi connectivity index (χ0) is 46.8. The minimum atomic E-state index is -5.33. The van der Waals surface area contributed by atoms with E-state index in [4.69, 9.17) is 15.8 Å². The van der Waals surface area contributed by atoms with Crippen molar-refractivity contribution in [2.24, 2.45) is 10.2 Å². The number of aromatic nitrogens is 3. The van der Waals surface area contributed by atoms with Crippen molar-refractivity contribution in [3.63, 3.8) is 0 Å². The molecule has 68 heavy (non-hydrogen) atoms. The average Bonchev–Trinajstić information content (AvgIpc) is 3.21. The Bertz CT molecular complexity index is 3060. The summed E-state index contributed by atoms with van der Waals surface area (Å²) in [6, 6.07) is 16.4. The molecule has 0 aliphatic carbocycles. The van der Waals surface area contributed by atoms with E-state index >= 15 is 0 Å². The Morgan fingerprint density at radius 3 is 1.99 bits per heavy atom. The first kappa shape index (κ1) is 66.5. The van der Waals surface area contributed by atoms with Gasteiger partial charge in [-0.25, -0.2) is 25.3 Å². The van der Waals surface area contributed by atoms with Crippen molar-refractivity contribution in [1.29, 1.82) is 0 Å². The van der Waals surface area contributed by atoms with Gasteiger partial charge in [-0.2, -0.15) is 19.3 Å². The van der Waals surface area contributed by atoms with Gasteiger partial charge < -0.3 is 35.4 Å². The van der Waals surface area contributed by atoms with E-state index in [1.807, 2.05) is 18.6 Å². The molecular weight excluding hydrogens is 1300 g/mol. The van der Waals surface area contributed by atoms with Crippen LogP contribution in [0.15, 0.2) is 109 Å². The summed E-state index contributed by atoms with van der Waals surface area (Å²) < 4.78 is 122. The van der Waals surface area contributed by atoms with Crippen LogP contribution in [0, 0.1) is 0 Å². The van der Waals surface area contributed by atoms with Crippen molar-refractivity contribution in [2.75, 3.05) is 27.9 Å². The van der Waals surface area contributed by atoms with E-state index in [1.54, 1.807) is 4.93 Å². The third-order valence-electron chi connectivity index (χ3n) is 7.77. The monoisotopic (exact) mass is 1320 g/mol. The molecule has 0 fully saturated rings. The molecule has 0 atom stereocenters. The number of rotatable bonds is 18. The molecule has 0 radical (unpaired) electrons. The summed E-state index contributed by atoms with van der Waals surface area (Å²) in [5, 5.41) is 52.0. The normalized spacial score (nSPS) is 11.6. The molecule has 5 aromatic carbocycles. The van der Waals surface area contributed by atoms with Crippen molar-refractivity contribution < 1.29 is 194 Å². The molecule has 23 nitrogen and oxygen atoms in total. The minimum absolute atomic E-state index is 0. The van der Waals surface area contributed by atoms with Gasteiger partial charge >= 0.3 is 161 Å². The first-order valence-electron chi connectivity index (χ1n) is 16.5. The number of sulfone groups is 1. The van der Waals surface area contributed by atoms with Gasteiger partial charge in [-0.15, -0.1) is 14.6 Å². The molecule has 3 N–H and O–H groups in total. The van der Waals surface area contributed by atoms with Crippen molar-refractivity contribution in [3.8, 4) is 5.75 Å². The fraction of sp³-hybridized carbons (Fsp3) is 0.0938. The number of hydrogen-bond donors (Lipinski definition) is 3. The first-order valence-corrected chi connectivity index (χ1v) is 32.0. The first-order chi connectivity index (χ1) is 30.2. The van der Waals surface area contributed by atoms with E-state index < -0.39 is 80.1 Å². The second kappa shape index (κ2) is 30.8. The van der Waals surface area contributed by atoms with E-state index in [2.05, 4.69) is 54.6 Å². The smallest absolute Gasteiger partial charge is 0.744 e. The van der Waals surface area contributed by atoms with Gasteiger partial charge in [0.05, 0.1) is 44.0 Å². The largest absolute Gasteiger partial charge is 1.00 e. The molecule has 0 unspecified atom stereocenters. The number of nitrogens with one attached hydrogen (secondary N) is 2. The summed E-state index contributed by atoms with van der Waals surface area (Å²) in [7, 11) is -14.1. The third-order valence-corrected chi connectivity index (χ3v) is 12.4. The molecule has 1 heterocycles. The van der Waals surface area contributed by atoms with Crippen molar-refractivity contribution >= 4 is 157 Å². The van der Waals surface area contributed by atoms with Crippen molar-refractivity contribution in [2.45, 2.75) is 19.6 Å². The van der Waals surface area contributed by atoms with Crippen molar-refractivity contribution in [3.05, 3.63) is 84.1 Å². The molecule has 0 aliphatic rings. The number of anilines is 4. The number of fused-ring (bicyclic) bond motifs is 2. The number of hydrogen-bond acceptors (Lipinski definition) is 25. The molecule has 0 bridgehead atoms. The van der Waals surface area contributed by atoms with Crippen LogP contribution in [0.25, 0.3) is 21.5 Å². The predicted octanol–water partition coefficient (Wildman–Crippen LogP) is -5.57. The van der Waals surface area contributed by atoms with E-state index in [1.165, 1.54) is 42.5 Å². The van der Waals surface area contributed by atoms with E-state index in [9.17, 15) is 52.8 Å². The van der Waals surface area contributed by atoms with Crippen LogP contribution in [0.4, 0.5) is 37.5 Å². The van der Waals surface area contributed by atoms with Crippen LogP contribution in [0.5, 0.6) is 5.75 Å². The van der Waals surface area contributed by atoms with Gasteiger partial charge in [0.2, 0.25) is 17.2 Å². The summed E-state index contributed by atoms with van der Waals surface area (Å²) in [6.45, 7) is -0.424. The quantitative estimate of drug-likeness (QED) is 0.00831. The molecule has 0 aliphatic heterocycles. The molecule has 1 aromatic heterocycles. The van der Waals surface area contributed by atoms with Crippen LogP contribution in [-0.2, 0) is 53.0 Å². The van der Waals surface area contributed by atoms with Crippen LogP contribution in [0.1, 0.15) is 0 Å². The number of benzene rings is 5. The fourth-order valence-electron chi connectivity index (χ4n) is 5.31. The number of azo groups is 1. The summed E-state index contributed by atoms with van der Waals surface area (Å²) >= 11 is 6.56. The number of nitrogens with zero attached hydrogens (tertiary/aromatic N) is 5. The van der Waals surface area contributed by atoms with Gasteiger partial charge in [0.25, 0.3) is 0 Å². The number of halogens is 4. The SMILES string of the molecule is CI(F)I.O=S(=O)([O-])c1cccc(Nc2nc(Cl)nc(Nc3ccc4cc(SOO[O-])c(N=Nc5ccc6cc(S(=O)(=O)CCOSOO[O-])ccc6c5S(=O)(=O)[O-])c(O)c4c3)n2)c1.[Na+].[Na+].[Na+].[Na+]. The van der Waals surface area contributed by atoms with E-state index in [0.29, 0.717) is 17.4 Å². The molecule has 0 amide bonds. The van der Waals surface area contributed by atoms with Gasteiger partial charge in [-0.05, 0) is 77.0 Å². The molecule has 344 valence electrons. The van der Waals surface area contributed by atoms with Crippen LogP contribution in [0.2, 0.25) is 5.28 Å². The zero-order valence-electron chi connectivity index (χ0n) is 35.3. The van der Waals surface area contributed by atoms with Crippen LogP contribution in [-0.4, -0.2) is 71.7 Å². The second-order valence-electron chi connectivity index (χ2n) is 11.8. The predicted molar refractivity (Wildman–Crippen MR) is 238 cm³/mol. The Morgan fingerprint density at radius 2 is 1.38 bits per heavy atom. The van der Waals surface area contributed by atoms with E-state index in [-0.39, 0.29) is 191 Å². The Morgan fingerprint density at radius 1 is 0.779 bits per heavy atom. The molecule has 36 heteroatoms. The third kappa shape index (κ3) is 19.6. The maximum absolute atomic E-state index is 12.8. The maximum Gasteiger partial charge on any atom is 1.00 e. The van der Waals surface area contributed by atoms with Crippen molar-refractivity contribution in [1.82, 2.24) is 15.0 Å². The Balaban J connectivity index is 0.00000278. The molecule has 6 rings (SSSR count). The van der Waals surface area contributed by atoms with Crippen LogP contribution in [0.3, 0.4) is 0 Å². The summed E-state index contributed by atoms with van der Waals surface area (Å²) in [6.07, 6.45) is 0. The molecule has 6 aromatic rings. The van der Waals surface area contributed by atoms with Gasteiger partial charge in [0, 0.05) is 22.1 Å². The van der Waals surface area contributed by atoms with Crippen LogP contribution >= 0.6 is 71.0 Å². The number of phenolic OH excluding ortho intramolecular Hbond substituents is 1. The number of aromatic hydroxyl groups is 1. The summed E-state index contributed by atoms with van der Waals surface area (Å²) in [5.41, 5.74) is -0.510. The van der Waals surface area contributed by atoms with Crippen LogP contribution < -0.4 is 139 Å². The van der Waals surface area contributed by atoms with E-state index in [0.717, 1.165) is 36.4 Å².